The molecule has 0 spiro atoms. The number of fused-ring (bicyclic) bond motifs is 1. The molecular weight excluding hydrogens is 204 g/mol. The van der Waals surface area contributed by atoms with E-state index in [1.54, 1.807) is 13.2 Å². The van der Waals surface area contributed by atoms with Crippen molar-refractivity contribution in [1.82, 2.24) is 0 Å². The number of hydrogen-bond donors (Lipinski definition) is 2. The van der Waals surface area contributed by atoms with Gasteiger partial charge in [0, 0.05) is 0 Å². The first kappa shape index (κ1) is 10.3. The summed E-state index contributed by atoms with van der Waals surface area (Å²) in [6, 6.07) is 11.4. The first-order chi connectivity index (χ1) is 7.77. The van der Waals surface area contributed by atoms with Crippen molar-refractivity contribution in [2.45, 2.75) is 0 Å². The Morgan fingerprint density at radius 3 is 2.69 bits per heavy atom. The summed E-state index contributed by atoms with van der Waals surface area (Å²) >= 11 is 0. The van der Waals surface area contributed by atoms with E-state index in [1.165, 1.54) is 0 Å². The molecule has 0 unspecified atom stereocenters. The maximum Gasteiger partial charge on any atom is 0.174 e. The number of methoxy groups -OCH3 is 1. The monoisotopic (exact) mass is 216 g/mol. The number of ether oxygens (including phenoxy) is 1. The lowest BCUT2D eigenvalue weighted by atomic mass is 10.0. The summed E-state index contributed by atoms with van der Waals surface area (Å²) in [6.45, 7) is 0. The van der Waals surface area contributed by atoms with E-state index < -0.39 is 0 Å². The van der Waals surface area contributed by atoms with Crippen molar-refractivity contribution in [3.05, 3.63) is 42.0 Å². The van der Waals surface area contributed by atoms with Gasteiger partial charge in [-0.2, -0.15) is 0 Å². The summed E-state index contributed by atoms with van der Waals surface area (Å²) in [6.07, 6.45) is 0. The highest BCUT2D eigenvalue weighted by Crippen LogP contribution is 2.27. The van der Waals surface area contributed by atoms with Crippen molar-refractivity contribution in [2.24, 2.45) is 10.9 Å². The van der Waals surface area contributed by atoms with Crippen LogP contribution in [0.2, 0.25) is 0 Å². The number of rotatable bonds is 2. The standard InChI is InChI=1S/C12H12N2O2/c1-16-10-7-6-8-4-2-3-5-9(8)11(10)12(13)14-15/h2-7,15H,1H3,(H2,13,14). The molecule has 2 aromatic rings. The molecule has 2 rings (SSSR count). The van der Waals surface area contributed by atoms with Crippen LogP contribution < -0.4 is 10.5 Å². The highest BCUT2D eigenvalue weighted by atomic mass is 16.5. The summed E-state index contributed by atoms with van der Waals surface area (Å²) in [7, 11) is 1.55. The van der Waals surface area contributed by atoms with Gasteiger partial charge in [0.25, 0.3) is 0 Å². The molecule has 0 fully saturated rings. The largest absolute Gasteiger partial charge is 0.496 e. The molecule has 0 heterocycles. The van der Waals surface area contributed by atoms with Crippen LogP contribution >= 0.6 is 0 Å². The van der Waals surface area contributed by atoms with Gasteiger partial charge in [0.2, 0.25) is 0 Å². The summed E-state index contributed by atoms with van der Waals surface area (Å²) in [4.78, 5) is 0. The van der Waals surface area contributed by atoms with E-state index in [1.807, 2.05) is 30.3 Å². The van der Waals surface area contributed by atoms with Crippen molar-refractivity contribution in [3.8, 4) is 5.75 Å². The van der Waals surface area contributed by atoms with Crippen molar-refractivity contribution in [1.29, 1.82) is 0 Å². The van der Waals surface area contributed by atoms with Crippen LogP contribution in [0.3, 0.4) is 0 Å². The summed E-state index contributed by atoms with van der Waals surface area (Å²) < 4.78 is 5.20. The number of hydrogen-bond acceptors (Lipinski definition) is 3. The van der Waals surface area contributed by atoms with Gasteiger partial charge in [-0.15, -0.1) is 0 Å². The van der Waals surface area contributed by atoms with E-state index in [0.717, 1.165) is 10.8 Å². The van der Waals surface area contributed by atoms with Crippen molar-refractivity contribution in [3.63, 3.8) is 0 Å². The molecular formula is C12H12N2O2. The molecule has 82 valence electrons. The van der Waals surface area contributed by atoms with Gasteiger partial charge in [-0.1, -0.05) is 35.5 Å². The molecule has 0 saturated heterocycles. The van der Waals surface area contributed by atoms with Crippen LogP contribution in [0.4, 0.5) is 0 Å². The summed E-state index contributed by atoms with van der Waals surface area (Å²) in [5, 5.41) is 13.7. The van der Waals surface area contributed by atoms with Crippen molar-refractivity contribution >= 4 is 16.6 Å². The predicted molar refractivity (Wildman–Crippen MR) is 63.0 cm³/mol. The first-order valence-corrected chi connectivity index (χ1v) is 4.81. The second kappa shape index (κ2) is 4.10. The quantitative estimate of drug-likeness (QED) is 0.349. The number of nitrogens with zero attached hydrogens (tertiary/aromatic N) is 1. The average molecular weight is 216 g/mol. The zero-order chi connectivity index (χ0) is 11.5. The molecule has 3 N–H and O–H groups in total. The fourth-order valence-corrected chi connectivity index (χ4v) is 1.74. The first-order valence-electron chi connectivity index (χ1n) is 4.81. The maximum atomic E-state index is 8.78. The number of amidine groups is 1. The van der Waals surface area contributed by atoms with Gasteiger partial charge in [0.05, 0.1) is 12.7 Å². The fourth-order valence-electron chi connectivity index (χ4n) is 1.74. The molecule has 0 saturated carbocycles. The van der Waals surface area contributed by atoms with E-state index in [2.05, 4.69) is 5.16 Å². The Hall–Kier alpha value is -2.23. The Balaban J connectivity index is 2.83. The molecule has 0 aliphatic rings. The average Bonchev–Trinajstić information content (AvgIpc) is 2.36. The molecule has 0 bridgehead atoms. The van der Waals surface area contributed by atoms with E-state index in [9.17, 15) is 0 Å². The topological polar surface area (TPSA) is 67.8 Å². The zero-order valence-corrected chi connectivity index (χ0v) is 8.84. The van der Waals surface area contributed by atoms with Gasteiger partial charge in [-0.05, 0) is 16.8 Å². The second-order valence-electron chi connectivity index (χ2n) is 3.35. The molecule has 16 heavy (non-hydrogen) atoms. The van der Waals surface area contributed by atoms with Gasteiger partial charge in [-0.25, -0.2) is 0 Å². The second-order valence-corrected chi connectivity index (χ2v) is 3.35. The van der Waals surface area contributed by atoms with Crippen LogP contribution in [-0.2, 0) is 0 Å². The number of oxime groups is 1. The Labute approximate surface area is 92.9 Å². The lowest BCUT2D eigenvalue weighted by Gasteiger charge is -2.10. The lowest BCUT2D eigenvalue weighted by molar-refractivity contribution is 0.318. The lowest BCUT2D eigenvalue weighted by Crippen LogP contribution is -2.15. The highest BCUT2D eigenvalue weighted by molar-refractivity contribution is 6.11. The van der Waals surface area contributed by atoms with E-state index in [0.29, 0.717) is 11.3 Å². The zero-order valence-electron chi connectivity index (χ0n) is 8.84. The third-order valence-corrected chi connectivity index (χ3v) is 2.47. The van der Waals surface area contributed by atoms with Crippen LogP contribution in [0.1, 0.15) is 5.56 Å². The third kappa shape index (κ3) is 1.54. The molecule has 0 aromatic heterocycles. The predicted octanol–water partition coefficient (Wildman–Crippen LogP) is 1.94. The highest BCUT2D eigenvalue weighted by Gasteiger charge is 2.11. The van der Waals surface area contributed by atoms with Gasteiger partial charge in [0.15, 0.2) is 5.84 Å². The Morgan fingerprint density at radius 1 is 1.25 bits per heavy atom. The van der Waals surface area contributed by atoms with Crippen molar-refractivity contribution < 1.29 is 9.94 Å². The van der Waals surface area contributed by atoms with Gasteiger partial charge < -0.3 is 15.7 Å². The van der Waals surface area contributed by atoms with E-state index >= 15 is 0 Å². The van der Waals surface area contributed by atoms with Gasteiger partial charge in [-0.3, -0.25) is 0 Å². The summed E-state index contributed by atoms with van der Waals surface area (Å²) in [5.74, 6) is 0.641. The van der Waals surface area contributed by atoms with E-state index in [-0.39, 0.29) is 5.84 Å². The Morgan fingerprint density at radius 2 is 2.00 bits per heavy atom. The molecule has 0 aliphatic carbocycles. The smallest absolute Gasteiger partial charge is 0.174 e. The SMILES string of the molecule is COc1ccc2ccccc2c1/C(N)=N/O. The third-order valence-electron chi connectivity index (χ3n) is 2.47. The van der Waals surface area contributed by atoms with Crippen LogP contribution in [0.5, 0.6) is 5.75 Å². The number of nitrogens with two attached hydrogens (primary N) is 1. The van der Waals surface area contributed by atoms with Gasteiger partial charge >= 0.3 is 0 Å². The minimum absolute atomic E-state index is 0.0497. The molecule has 4 heteroatoms. The summed E-state index contributed by atoms with van der Waals surface area (Å²) in [5.41, 5.74) is 6.27. The Kier molecular flexibility index (Phi) is 2.64. The molecule has 0 radical (unpaired) electrons. The minimum atomic E-state index is 0.0497. The molecule has 2 aromatic carbocycles. The van der Waals surface area contributed by atoms with Crippen LogP contribution in [0, 0.1) is 0 Å². The van der Waals surface area contributed by atoms with Crippen molar-refractivity contribution in [2.75, 3.05) is 7.11 Å². The molecule has 0 atom stereocenters. The molecule has 4 nitrogen and oxygen atoms in total. The minimum Gasteiger partial charge on any atom is -0.496 e. The normalized spacial score (nSPS) is 11.7. The molecule has 0 amide bonds. The van der Waals surface area contributed by atoms with Crippen LogP contribution in [-0.4, -0.2) is 18.2 Å². The fraction of sp³-hybridized carbons (Fsp3) is 0.0833. The number of benzene rings is 2. The maximum absolute atomic E-state index is 8.78. The van der Waals surface area contributed by atoms with E-state index in [4.69, 9.17) is 15.7 Å². The van der Waals surface area contributed by atoms with Crippen LogP contribution in [0.15, 0.2) is 41.6 Å². The van der Waals surface area contributed by atoms with Gasteiger partial charge in [0.1, 0.15) is 5.75 Å². The van der Waals surface area contributed by atoms with Crippen LogP contribution in [0.25, 0.3) is 10.8 Å². The Bertz CT molecular complexity index is 550. The molecule has 0 aliphatic heterocycles.